The van der Waals surface area contributed by atoms with Gasteiger partial charge in [0, 0.05) is 18.4 Å². The molecule has 0 saturated carbocycles. The highest BCUT2D eigenvalue weighted by atomic mass is 16.5. The predicted octanol–water partition coefficient (Wildman–Crippen LogP) is 5.12. The van der Waals surface area contributed by atoms with Crippen molar-refractivity contribution in [1.82, 2.24) is 0 Å². The van der Waals surface area contributed by atoms with Crippen molar-refractivity contribution in [3.8, 4) is 16.9 Å². The summed E-state index contributed by atoms with van der Waals surface area (Å²) >= 11 is 0. The van der Waals surface area contributed by atoms with Gasteiger partial charge in [-0.3, -0.25) is 4.79 Å². The van der Waals surface area contributed by atoms with Gasteiger partial charge in [-0.15, -0.1) is 0 Å². The van der Waals surface area contributed by atoms with Crippen molar-refractivity contribution in [3.63, 3.8) is 0 Å². The zero-order valence-electron chi connectivity index (χ0n) is 15.1. The van der Waals surface area contributed by atoms with Crippen LogP contribution in [0.25, 0.3) is 22.1 Å². The van der Waals surface area contributed by atoms with E-state index in [0.29, 0.717) is 16.9 Å². The first-order valence-corrected chi connectivity index (χ1v) is 8.92. The monoisotopic (exact) mass is 350 g/mol. The number of carbonyl (C=O) groups is 1. The van der Waals surface area contributed by atoms with Crippen molar-refractivity contribution in [1.29, 1.82) is 0 Å². The molecule has 0 spiro atoms. The van der Waals surface area contributed by atoms with Crippen LogP contribution in [0.4, 0.5) is 0 Å². The molecule has 3 aromatic rings. The van der Waals surface area contributed by atoms with Gasteiger partial charge in [-0.25, -0.2) is 4.79 Å². The molecule has 134 valence electrons. The molecule has 2 aromatic carbocycles. The molecule has 0 saturated heterocycles. The standard InChI is InChI=1S/C22H22O4/c1-3-4-5-6-16-7-9-17(10-8-16)20-13-18-11-12-19(25-15(2)23)14-21(18)26-22(20)24/h7-14H,3-6H2,1-2H3. The third kappa shape index (κ3) is 4.20. The van der Waals surface area contributed by atoms with Crippen LogP contribution in [0.5, 0.6) is 5.75 Å². The van der Waals surface area contributed by atoms with E-state index in [1.54, 1.807) is 18.2 Å². The number of ether oxygens (including phenoxy) is 1. The predicted molar refractivity (Wildman–Crippen MR) is 102 cm³/mol. The van der Waals surface area contributed by atoms with Crippen LogP contribution in [0.15, 0.2) is 57.7 Å². The third-order valence-corrected chi connectivity index (χ3v) is 4.30. The van der Waals surface area contributed by atoms with Gasteiger partial charge >= 0.3 is 11.6 Å². The molecule has 4 heteroatoms. The van der Waals surface area contributed by atoms with E-state index in [1.165, 1.54) is 31.7 Å². The molecule has 0 aliphatic heterocycles. The molecular weight excluding hydrogens is 328 g/mol. The molecule has 0 aliphatic rings. The number of carbonyl (C=O) groups excluding carboxylic acids is 1. The van der Waals surface area contributed by atoms with E-state index >= 15 is 0 Å². The lowest BCUT2D eigenvalue weighted by Crippen LogP contribution is -2.04. The summed E-state index contributed by atoms with van der Waals surface area (Å²) in [4.78, 5) is 23.4. The summed E-state index contributed by atoms with van der Waals surface area (Å²) in [6.45, 7) is 3.52. The Hall–Kier alpha value is -2.88. The highest BCUT2D eigenvalue weighted by Gasteiger charge is 2.09. The Morgan fingerprint density at radius 1 is 1.04 bits per heavy atom. The van der Waals surface area contributed by atoms with Gasteiger partial charge in [0.05, 0.1) is 5.56 Å². The molecule has 3 rings (SSSR count). The van der Waals surface area contributed by atoms with Crippen molar-refractivity contribution in [2.24, 2.45) is 0 Å². The Kier molecular flexibility index (Phi) is 5.52. The van der Waals surface area contributed by atoms with E-state index in [-0.39, 0.29) is 0 Å². The number of fused-ring (bicyclic) bond motifs is 1. The van der Waals surface area contributed by atoms with Crippen LogP contribution in [0, 0.1) is 0 Å². The molecule has 0 unspecified atom stereocenters. The number of hydrogen-bond donors (Lipinski definition) is 0. The van der Waals surface area contributed by atoms with E-state index < -0.39 is 11.6 Å². The van der Waals surface area contributed by atoms with Gasteiger partial charge in [0.2, 0.25) is 0 Å². The number of aryl methyl sites for hydroxylation is 1. The van der Waals surface area contributed by atoms with Gasteiger partial charge in [-0.2, -0.15) is 0 Å². The normalized spacial score (nSPS) is 10.8. The molecule has 0 radical (unpaired) electrons. The molecule has 0 amide bonds. The summed E-state index contributed by atoms with van der Waals surface area (Å²) in [6, 6.07) is 14.9. The van der Waals surface area contributed by atoms with Crippen molar-refractivity contribution in [3.05, 3.63) is 64.5 Å². The smallest absolute Gasteiger partial charge is 0.344 e. The molecule has 0 N–H and O–H groups in total. The minimum absolute atomic E-state index is 0.359. The first-order chi connectivity index (χ1) is 12.6. The minimum atomic E-state index is -0.414. The van der Waals surface area contributed by atoms with Gasteiger partial charge in [0.1, 0.15) is 11.3 Å². The second kappa shape index (κ2) is 8.00. The van der Waals surface area contributed by atoms with Crippen LogP contribution < -0.4 is 10.4 Å². The SMILES string of the molecule is CCCCCc1ccc(-c2cc3ccc(OC(C)=O)cc3oc2=O)cc1. The van der Waals surface area contributed by atoms with E-state index in [4.69, 9.17) is 9.15 Å². The van der Waals surface area contributed by atoms with Crippen molar-refractivity contribution in [2.75, 3.05) is 0 Å². The van der Waals surface area contributed by atoms with Gasteiger partial charge in [-0.1, -0.05) is 44.0 Å². The molecule has 0 atom stereocenters. The van der Waals surface area contributed by atoms with E-state index in [9.17, 15) is 9.59 Å². The maximum absolute atomic E-state index is 12.4. The second-order valence-electron chi connectivity index (χ2n) is 6.39. The fourth-order valence-electron chi connectivity index (χ4n) is 2.95. The quantitative estimate of drug-likeness (QED) is 0.268. The lowest BCUT2D eigenvalue weighted by molar-refractivity contribution is -0.131. The average Bonchev–Trinajstić information content (AvgIpc) is 2.61. The van der Waals surface area contributed by atoms with Crippen molar-refractivity contribution >= 4 is 16.9 Å². The maximum atomic E-state index is 12.4. The highest BCUT2D eigenvalue weighted by molar-refractivity contribution is 5.83. The van der Waals surface area contributed by atoms with Gasteiger partial charge in [0.25, 0.3) is 0 Å². The number of unbranched alkanes of at least 4 members (excludes halogenated alkanes) is 2. The Morgan fingerprint density at radius 3 is 2.50 bits per heavy atom. The lowest BCUT2D eigenvalue weighted by Gasteiger charge is -2.06. The van der Waals surface area contributed by atoms with E-state index in [2.05, 4.69) is 19.1 Å². The molecule has 1 aromatic heterocycles. The number of rotatable bonds is 6. The van der Waals surface area contributed by atoms with Gasteiger partial charge < -0.3 is 9.15 Å². The zero-order valence-corrected chi connectivity index (χ0v) is 15.1. The van der Waals surface area contributed by atoms with Gasteiger partial charge in [-0.05, 0) is 42.2 Å². The third-order valence-electron chi connectivity index (χ3n) is 4.30. The molecule has 0 bridgehead atoms. The number of hydrogen-bond acceptors (Lipinski definition) is 4. The number of esters is 1. The first kappa shape index (κ1) is 17.9. The topological polar surface area (TPSA) is 56.5 Å². The van der Waals surface area contributed by atoms with Crippen LogP contribution >= 0.6 is 0 Å². The number of benzene rings is 2. The summed E-state index contributed by atoms with van der Waals surface area (Å²) < 4.78 is 10.5. The summed E-state index contributed by atoms with van der Waals surface area (Å²) in [6.07, 6.45) is 4.67. The zero-order chi connectivity index (χ0) is 18.5. The summed E-state index contributed by atoms with van der Waals surface area (Å²) in [5, 5.41) is 0.780. The fraction of sp³-hybridized carbons (Fsp3) is 0.273. The van der Waals surface area contributed by atoms with Crippen LogP contribution in [0.2, 0.25) is 0 Å². The molecule has 0 fully saturated rings. The Balaban J connectivity index is 1.89. The van der Waals surface area contributed by atoms with E-state index in [0.717, 1.165) is 17.4 Å². The van der Waals surface area contributed by atoms with Crippen molar-refractivity contribution in [2.45, 2.75) is 39.5 Å². The van der Waals surface area contributed by atoms with Gasteiger partial charge in [0.15, 0.2) is 0 Å². The van der Waals surface area contributed by atoms with E-state index in [1.807, 2.05) is 18.2 Å². The molecule has 4 nitrogen and oxygen atoms in total. The lowest BCUT2D eigenvalue weighted by atomic mass is 10.0. The summed E-state index contributed by atoms with van der Waals surface area (Å²) in [5.74, 6) is -0.0559. The summed E-state index contributed by atoms with van der Waals surface area (Å²) in [7, 11) is 0. The molecule has 0 aliphatic carbocycles. The maximum Gasteiger partial charge on any atom is 0.344 e. The van der Waals surface area contributed by atoms with Crippen LogP contribution in [-0.2, 0) is 11.2 Å². The second-order valence-corrected chi connectivity index (χ2v) is 6.39. The Morgan fingerprint density at radius 2 is 1.81 bits per heavy atom. The molecule has 26 heavy (non-hydrogen) atoms. The Bertz CT molecular complexity index is 968. The summed E-state index contributed by atoms with van der Waals surface area (Å²) in [5.41, 5.74) is 2.63. The van der Waals surface area contributed by atoms with Crippen LogP contribution in [0.3, 0.4) is 0 Å². The Labute approximate surface area is 152 Å². The highest BCUT2D eigenvalue weighted by Crippen LogP contribution is 2.25. The van der Waals surface area contributed by atoms with Crippen LogP contribution in [-0.4, -0.2) is 5.97 Å². The first-order valence-electron chi connectivity index (χ1n) is 8.92. The largest absolute Gasteiger partial charge is 0.427 e. The molecular formula is C22H22O4. The van der Waals surface area contributed by atoms with Crippen molar-refractivity contribution < 1.29 is 13.9 Å². The molecule has 1 heterocycles. The minimum Gasteiger partial charge on any atom is -0.427 e. The average molecular weight is 350 g/mol. The fourth-order valence-corrected chi connectivity index (χ4v) is 2.95. The van der Waals surface area contributed by atoms with Crippen LogP contribution in [0.1, 0.15) is 38.7 Å².